The number of benzene rings is 2. The number of para-hydroxylation sites is 1. The van der Waals surface area contributed by atoms with E-state index < -0.39 is 17.2 Å². The van der Waals surface area contributed by atoms with Crippen LogP contribution in [0.15, 0.2) is 52.1 Å². The summed E-state index contributed by atoms with van der Waals surface area (Å²) in [5.41, 5.74) is 0.579. The third-order valence-electron chi connectivity index (χ3n) is 4.93. The molecule has 1 aromatic heterocycles. The summed E-state index contributed by atoms with van der Waals surface area (Å²) in [7, 11) is 3.13. The van der Waals surface area contributed by atoms with Gasteiger partial charge in [-0.2, -0.15) is 0 Å². The van der Waals surface area contributed by atoms with E-state index in [4.69, 9.17) is 9.47 Å². The molecule has 1 heterocycles. The first-order chi connectivity index (χ1) is 14.5. The van der Waals surface area contributed by atoms with E-state index in [1.54, 1.807) is 44.6 Å². The van der Waals surface area contributed by atoms with Crippen LogP contribution in [0.1, 0.15) is 12.5 Å². The Morgan fingerprint density at radius 1 is 1.00 bits per heavy atom. The summed E-state index contributed by atoms with van der Waals surface area (Å²) in [6.45, 7) is 2.26. The Morgan fingerprint density at radius 3 is 2.43 bits per heavy atom. The van der Waals surface area contributed by atoms with Gasteiger partial charge < -0.3 is 14.8 Å². The van der Waals surface area contributed by atoms with Gasteiger partial charge in [0.1, 0.15) is 6.54 Å². The summed E-state index contributed by atoms with van der Waals surface area (Å²) in [6, 6.07) is 12.4. The van der Waals surface area contributed by atoms with E-state index >= 15 is 0 Å². The van der Waals surface area contributed by atoms with Gasteiger partial charge in [-0.1, -0.05) is 18.2 Å². The first kappa shape index (κ1) is 21.2. The van der Waals surface area contributed by atoms with Gasteiger partial charge in [-0.3, -0.25) is 18.7 Å². The van der Waals surface area contributed by atoms with Crippen LogP contribution >= 0.6 is 0 Å². The zero-order chi connectivity index (χ0) is 21.7. The van der Waals surface area contributed by atoms with Crippen LogP contribution in [0.2, 0.25) is 0 Å². The van der Waals surface area contributed by atoms with Crippen LogP contribution in [0.4, 0.5) is 0 Å². The zero-order valence-electron chi connectivity index (χ0n) is 17.3. The van der Waals surface area contributed by atoms with Crippen LogP contribution < -0.4 is 26.0 Å². The van der Waals surface area contributed by atoms with Gasteiger partial charge in [-0.15, -0.1) is 0 Å². The fourth-order valence-electron chi connectivity index (χ4n) is 3.40. The molecule has 0 unspecified atom stereocenters. The first-order valence-electron chi connectivity index (χ1n) is 9.70. The fourth-order valence-corrected chi connectivity index (χ4v) is 3.40. The van der Waals surface area contributed by atoms with Crippen molar-refractivity contribution in [3.05, 3.63) is 68.9 Å². The highest BCUT2D eigenvalue weighted by Gasteiger charge is 2.14. The molecule has 0 aliphatic rings. The van der Waals surface area contributed by atoms with Gasteiger partial charge in [0, 0.05) is 13.1 Å². The number of hydrogen-bond acceptors (Lipinski definition) is 5. The highest BCUT2D eigenvalue weighted by Crippen LogP contribution is 2.27. The second kappa shape index (κ2) is 9.30. The van der Waals surface area contributed by atoms with Crippen LogP contribution in [0, 0.1) is 0 Å². The molecule has 0 saturated carbocycles. The summed E-state index contributed by atoms with van der Waals surface area (Å²) < 4.78 is 13.0. The molecule has 1 N–H and O–H groups in total. The first-order valence-corrected chi connectivity index (χ1v) is 9.70. The van der Waals surface area contributed by atoms with Gasteiger partial charge in [-0.05, 0) is 43.2 Å². The van der Waals surface area contributed by atoms with E-state index in [9.17, 15) is 14.4 Å². The Bertz CT molecular complexity index is 1180. The lowest BCUT2D eigenvalue weighted by Crippen LogP contribution is -2.44. The van der Waals surface area contributed by atoms with Gasteiger partial charge >= 0.3 is 5.69 Å². The van der Waals surface area contributed by atoms with Crippen molar-refractivity contribution >= 4 is 16.8 Å². The van der Waals surface area contributed by atoms with Crippen LogP contribution in [-0.2, 0) is 24.3 Å². The average Bonchev–Trinajstić information content (AvgIpc) is 2.77. The molecule has 30 heavy (non-hydrogen) atoms. The van der Waals surface area contributed by atoms with E-state index in [1.807, 2.05) is 19.1 Å². The quantitative estimate of drug-likeness (QED) is 0.607. The number of hydrogen-bond donors (Lipinski definition) is 1. The molecule has 3 aromatic rings. The van der Waals surface area contributed by atoms with Gasteiger partial charge in [0.15, 0.2) is 11.5 Å². The van der Waals surface area contributed by atoms with Crippen LogP contribution in [-0.4, -0.2) is 35.8 Å². The summed E-state index contributed by atoms with van der Waals surface area (Å²) in [5, 5.41) is 3.18. The maximum atomic E-state index is 12.7. The normalized spacial score (nSPS) is 10.8. The smallest absolute Gasteiger partial charge is 0.331 e. The van der Waals surface area contributed by atoms with E-state index in [1.165, 1.54) is 4.57 Å². The van der Waals surface area contributed by atoms with Crippen molar-refractivity contribution in [3.8, 4) is 11.5 Å². The number of nitrogens with zero attached hydrogens (tertiary/aromatic N) is 2. The van der Waals surface area contributed by atoms with Crippen LogP contribution in [0.25, 0.3) is 10.9 Å². The minimum atomic E-state index is -0.490. The fraction of sp³-hybridized carbons (Fsp3) is 0.318. The Labute approximate surface area is 173 Å². The second-order valence-electron chi connectivity index (χ2n) is 6.72. The third-order valence-corrected chi connectivity index (χ3v) is 4.93. The molecule has 0 radical (unpaired) electrons. The topological polar surface area (TPSA) is 91.6 Å². The molecule has 0 saturated heterocycles. The monoisotopic (exact) mass is 411 g/mol. The molecule has 0 spiro atoms. The summed E-state index contributed by atoms with van der Waals surface area (Å²) in [4.78, 5) is 37.8. The Kier molecular flexibility index (Phi) is 6.56. The van der Waals surface area contributed by atoms with Crippen molar-refractivity contribution in [3.63, 3.8) is 0 Å². The van der Waals surface area contributed by atoms with Gasteiger partial charge in [-0.25, -0.2) is 4.79 Å². The number of carbonyl (C=O) groups excluding carboxylic acids is 1. The van der Waals surface area contributed by atoms with E-state index in [0.29, 0.717) is 41.9 Å². The third kappa shape index (κ3) is 4.22. The maximum absolute atomic E-state index is 12.7. The number of nitrogens with one attached hydrogen (secondary N) is 1. The van der Waals surface area contributed by atoms with Crippen LogP contribution in [0.5, 0.6) is 11.5 Å². The second-order valence-corrected chi connectivity index (χ2v) is 6.72. The van der Waals surface area contributed by atoms with E-state index in [2.05, 4.69) is 5.32 Å². The van der Waals surface area contributed by atoms with Crippen molar-refractivity contribution in [2.45, 2.75) is 26.4 Å². The molecule has 0 aliphatic heterocycles. The Hall–Kier alpha value is -3.55. The highest BCUT2D eigenvalue weighted by molar-refractivity contribution is 5.79. The number of fused-ring (bicyclic) bond motifs is 1. The highest BCUT2D eigenvalue weighted by atomic mass is 16.5. The summed E-state index contributed by atoms with van der Waals surface area (Å²) >= 11 is 0. The van der Waals surface area contributed by atoms with E-state index in [0.717, 1.165) is 10.1 Å². The number of aryl methyl sites for hydroxylation is 1. The van der Waals surface area contributed by atoms with Crippen molar-refractivity contribution in [1.29, 1.82) is 0 Å². The molecule has 0 bridgehead atoms. The number of carbonyl (C=O) groups is 1. The van der Waals surface area contributed by atoms with Gasteiger partial charge in [0.05, 0.1) is 25.1 Å². The van der Waals surface area contributed by atoms with Crippen LogP contribution in [0.3, 0.4) is 0 Å². The number of amides is 1. The minimum absolute atomic E-state index is 0.325. The average molecular weight is 411 g/mol. The van der Waals surface area contributed by atoms with E-state index in [-0.39, 0.29) is 6.54 Å². The number of aromatic nitrogens is 2. The molecule has 0 fully saturated rings. The molecular formula is C22H25N3O5. The molecule has 8 heteroatoms. The number of ether oxygens (including phenoxy) is 2. The lowest BCUT2D eigenvalue weighted by atomic mass is 10.1. The van der Waals surface area contributed by atoms with Crippen molar-refractivity contribution in [2.24, 2.45) is 0 Å². The standard InChI is InChI=1S/C22H25N3O5/c1-4-24-17-8-6-5-7-16(17)21(27)25(22(24)28)14-20(26)23-12-11-15-9-10-18(29-2)19(13-15)30-3/h5-10,13H,4,11-12,14H2,1-3H3,(H,23,26). The minimum Gasteiger partial charge on any atom is -0.493 e. The molecule has 0 atom stereocenters. The Morgan fingerprint density at radius 2 is 1.73 bits per heavy atom. The lowest BCUT2D eigenvalue weighted by molar-refractivity contribution is -0.121. The zero-order valence-corrected chi connectivity index (χ0v) is 17.3. The maximum Gasteiger partial charge on any atom is 0.331 e. The van der Waals surface area contributed by atoms with Crippen molar-refractivity contribution < 1.29 is 14.3 Å². The molecule has 3 rings (SSSR count). The number of methoxy groups -OCH3 is 2. The predicted molar refractivity (Wildman–Crippen MR) is 114 cm³/mol. The molecular weight excluding hydrogens is 386 g/mol. The number of rotatable bonds is 8. The molecule has 1 amide bonds. The lowest BCUT2D eigenvalue weighted by Gasteiger charge is -2.13. The van der Waals surface area contributed by atoms with Gasteiger partial charge in [0.2, 0.25) is 5.91 Å². The largest absolute Gasteiger partial charge is 0.493 e. The molecule has 158 valence electrons. The summed E-state index contributed by atoms with van der Waals surface area (Å²) in [6.07, 6.45) is 0.567. The van der Waals surface area contributed by atoms with Gasteiger partial charge in [0.25, 0.3) is 5.56 Å². The SMILES string of the molecule is CCn1c(=O)n(CC(=O)NCCc2ccc(OC)c(OC)c2)c(=O)c2ccccc21. The summed E-state index contributed by atoms with van der Waals surface area (Å²) in [5.74, 6) is 0.852. The molecule has 8 nitrogen and oxygen atoms in total. The van der Waals surface area contributed by atoms with Crippen molar-refractivity contribution in [2.75, 3.05) is 20.8 Å². The molecule has 0 aliphatic carbocycles. The predicted octanol–water partition coefficient (Wildman–Crippen LogP) is 1.56. The Balaban J connectivity index is 1.72. The molecule has 2 aromatic carbocycles. The van der Waals surface area contributed by atoms with Crippen molar-refractivity contribution in [1.82, 2.24) is 14.5 Å².